The molecular formula is C20H42N2O5S2. The molecule has 0 N–H and O–H groups in total. The molecule has 0 fully saturated rings. The van der Waals surface area contributed by atoms with E-state index in [1.54, 1.807) is 7.05 Å². The zero-order valence-electron chi connectivity index (χ0n) is 19.4. The minimum Gasteiger partial charge on any atom is -0.444 e. The number of hydrogen-bond donors (Lipinski definition) is 0. The predicted molar refractivity (Wildman–Crippen MR) is 124 cm³/mol. The molecule has 0 rings (SSSR count). The summed E-state index contributed by atoms with van der Waals surface area (Å²) in [5, 5.41) is 0. The van der Waals surface area contributed by atoms with Crippen LogP contribution in [0.1, 0.15) is 27.7 Å². The highest BCUT2D eigenvalue weighted by atomic mass is 33.1. The van der Waals surface area contributed by atoms with Gasteiger partial charge in [0.15, 0.2) is 0 Å². The number of nitrogens with zero attached hydrogens (tertiary/aromatic N) is 2. The third kappa shape index (κ3) is 19.5. The van der Waals surface area contributed by atoms with Crippen molar-refractivity contribution < 1.29 is 23.7 Å². The molecule has 0 saturated carbocycles. The summed E-state index contributed by atoms with van der Waals surface area (Å²) in [6.45, 7) is 13.7. The van der Waals surface area contributed by atoms with Gasteiger partial charge in [-0.2, -0.15) is 0 Å². The smallest absolute Gasteiger partial charge is 0.410 e. The Kier molecular flexibility index (Phi) is 17.4. The van der Waals surface area contributed by atoms with Crippen LogP contribution in [0.15, 0.2) is 0 Å². The number of carbonyl (C=O) groups excluding carboxylic acids is 1. The molecule has 0 aliphatic carbocycles. The van der Waals surface area contributed by atoms with Crippen LogP contribution in [0, 0.1) is 5.92 Å². The van der Waals surface area contributed by atoms with Crippen LogP contribution < -0.4 is 0 Å². The summed E-state index contributed by atoms with van der Waals surface area (Å²) in [5.74, 6) is 1.87. The molecule has 0 radical (unpaired) electrons. The second-order valence-corrected chi connectivity index (χ2v) is 10.7. The van der Waals surface area contributed by atoms with Crippen molar-refractivity contribution in [2.75, 3.05) is 85.4 Å². The van der Waals surface area contributed by atoms with Crippen LogP contribution in [-0.4, -0.2) is 107 Å². The monoisotopic (exact) mass is 454 g/mol. The van der Waals surface area contributed by atoms with Crippen LogP contribution in [-0.2, 0) is 18.9 Å². The average molecular weight is 455 g/mol. The zero-order valence-corrected chi connectivity index (χ0v) is 21.0. The van der Waals surface area contributed by atoms with Crippen molar-refractivity contribution in [1.29, 1.82) is 0 Å². The van der Waals surface area contributed by atoms with Gasteiger partial charge in [0.1, 0.15) is 5.60 Å². The lowest BCUT2D eigenvalue weighted by Crippen LogP contribution is -2.36. The van der Waals surface area contributed by atoms with Gasteiger partial charge in [0.05, 0.1) is 39.6 Å². The number of rotatable bonds is 17. The Morgan fingerprint density at radius 1 is 0.931 bits per heavy atom. The van der Waals surface area contributed by atoms with E-state index in [9.17, 15) is 4.79 Å². The van der Waals surface area contributed by atoms with Crippen LogP contribution in [0.4, 0.5) is 4.79 Å². The Morgan fingerprint density at radius 3 is 1.97 bits per heavy atom. The molecule has 0 aromatic rings. The second kappa shape index (κ2) is 17.5. The van der Waals surface area contributed by atoms with E-state index in [-0.39, 0.29) is 6.09 Å². The van der Waals surface area contributed by atoms with Gasteiger partial charge >= 0.3 is 6.09 Å². The summed E-state index contributed by atoms with van der Waals surface area (Å²) in [5.41, 5.74) is -0.483. The van der Waals surface area contributed by atoms with Crippen molar-refractivity contribution in [3.05, 3.63) is 0 Å². The fraction of sp³-hybridized carbons (Fsp3) is 0.950. The first-order valence-corrected chi connectivity index (χ1v) is 12.9. The lowest BCUT2D eigenvalue weighted by molar-refractivity contribution is 0.00299. The maximum absolute atomic E-state index is 11.8. The van der Waals surface area contributed by atoms with Crippen LogP contribution in [0.2, 0.25) is 0 Å². The highest BCUT2D eigenvalue weighted by Gasteiger charge is 2.19. The molecule has 0 heterocycles. The van der Waals surface area contributed by atoms with Crippen molar-refractivity contribution in [1.82, 2.24) is 9.80 Å². The molecule has 0 aromatic heterocycles. The normalized spacial score (nSPS) is 13.0. The Balaban J connectivity index is 3.44. The average Bonchev–Trinajstić information content (AvgIpc) is 2.62. The minimum atomic E-state index is -0.483. The van der Waals surface area contributed by atoms with Gasteiger partial charge in [0, 0.05) is 32.4 Å². The molecule has 7 nitrogen and oxygen atoms in total. The molecule has 174 valence electrons. The largest absolute Gasteiger partial charge is 0.444 e. The van der Waals surface area contributed by atoms with E-state index in [0.717, 1.165) is 19.7 Å². The predicted octanol–water partition coefficient (Wildman–Crippen LogP) is 3.48. The molecule has 1 amide bonds. The summed E-state index contributed by atoms with van der Waals surface area (Å²) >= 11 is 0. The molecule has 0 spiro atoms. The molecule has 1 unspecified atom stereocenters. The van der Waals surface area contributed by atoms with Gasteiger partial charge in [0.2, 0.25) is 0 Å². The van der Waals surface area contributed by atoms with Gasteiger partial charge in [-0.15, -0.1) is 0 Å². The topological polar surface area (TPSA) is 60.5 Å². The van der Waals surface area contributed by atoms with Crippen molar-refractivity contribution in [3.63, 3.8) is 0 Å². The minimum absolute atomic E-state index is 0.339. The Morgan fingerprint density at radius 2 is 1.45 bits per heavy atom. The van der Waals surface area contributed by atoms with Gasteiger partial charge in [0.25, 0.3) is 0 Å². The van der Waals surface area contributed by atoms with Crippen molar-refractivity contribution in [2.45, 2.75) is 33.3 Å². The number of amides is 1. The van der Waals surface area contributed by atoms with Crippen molar-refractivity contribution in [3.8, 4) is 0 Å². The highest BCUT2D eigenvalue weighted by Crippen LogP contribution is 2.20. The zero-order chi connectivity index (χ0) is 22.1. The first-order chi connectivity index (χ1) is 13.7. The molecule has 1 atom stereocenters. The van der Waals surface area contributed by atoms with E-state index in [1.807, 2.05) is 42.4 Å². The first-order valence-electron chi connectivity index (χ1n) is 10.2. The summed E-state index contributed by atoms with van der Waals surface area (Å²) in [7, 11) is 7.58. The van der Waals surface area contributed by atoms with E-state index < -0.39 is 5.60 Å². The third-order valence-corrected chi connectivity index (χ3v) is 5.79. The maximum Gasteiger partial charge on any atom is 0.410 e. The molecule has 29 heavy (non-hydrogen) atoms. The van der Waals surface area contributed by atoms with E-state index in [1.165, 1.54) is 10.7 Å². The van der Waals surface area contributed by atoms with E-state index >= 15 is 0 Å². The quantitative estimate of drug-likeness (QED) is 0.245. The first kappa shape index (κ1) is 28.8. The maximum atomic E-state index is 11.8. The molecule has 0 saturated heterocycles. The second-order valence-electron chi connectivity index (χ2n) is 8.06. The highest BCUT2D eigenvalue weighted by molar-refractivity contribution is 8.76. The molecule has 0 bridgehead atoms. The Hall–Kier alpha value is -0.190. The van der Waals surface area contributed by atoms with Gasteiger partial charge in [-0.1, -0.05) is 28.5 Å². The summed E-state index contributed by atoms with van der Waals surface area (Å²) in [6, 6.07) is 0. The lowest BCUT2D eigenvalue weighted by atomic mass is 10.2. The van der Waals surface area contributed by atoms with Crippen LogP contribution in [0.5, 0.6) is 0 Å². The number of hydrogen-bond acceptors (Lipinski definition) is 8. The third-order valence-electron chi connectivity index (χ3n) is 3.73. The van der Waals surface area contributed by atoms with E-state index in [2.05, 4.69) is 25.1 Å². The van der Waals surface area contributed by atoms with Crippen molar-refractivity contribution in [2.24, 2.45) is 5.92 Å². The van der Waals surface area contributed by atoms with Gasteiger partial charge in [-0.25, -0.2) is 4.79 Å². The molecule has 0 aliphatic heterocycles. The molecular weight excluding hydrogens is 412 g/mol. The van der Waals surface area contributed by atoms with Gasteiger partial charge < -0.3 is 28.7 Å². The standard InChI is InChI=1S/C20H42N2O5S2/c1-18(17-29-28-7)16-21(5)8-10-24-12-14-26-15-13-25-11-9-22(6)19(23)27-20(2,3)4/h18H,8-17H2,1-7H3. The Bertz CT molecular complexity index is 411. The number of ether oxygens (including phenoxy) is 4. The number of likely N-dealkylation sites (N-methyl/N-ethyl adjacent to an activating group) is 2. The van der Waals surface area contributed by atoms with Crippen LogP contribution in [0.3, 0.4) is 0 Å². The fourth-order valence-electron chi connectivity index (χ4n) is 2.26. The number of carbonyl (C=O) groups is 1. The summed E-state index contributed by atoms with van der Waals surface area (Å²) in [6.07, 6.45) is 1.78. The molecule has 9 heteroatoms. The lowest BCUT2D eigenvalue weighted by Gasteiger charge is -2.24. The molecule has 0 aliphatic rings. The van der Waals surface area contributed by atoms with Crippen LogP contribution >= 0.6 is 21.6 Å². The Labute approximate surface area is 185 Å². The van der Waals surface area contributed by atoms with Gasteiger partial charge in [-0.05, 0) is 40.0 Å². The summed E-state index contributed by atoms with van der Waals surface area (Å²) in [4.78, 5) is 15.6. The molecule has 0 aromatic carbocycles. The SMILES string of the molecule is CSSCC(C)CN(C)CCOCCOCCOCCN(C)C(=O)OC(C)(C)C. The fourth-order valence-corrected chi connectivity index (χ4v) is 3.83. The van der Waals surface area contributed by atoms with Crippen LogP contribution in [0.25, 0.3) is 0 Å². The van der Waals surface area contributed by atoms with E-state index in [0.29, 0.717) is 45.5 Å². The summed E-state index contributed by atoms with van der Waals surface area (Å²) < 4.78 is 21.9. The van der Waals surface area contributed by atoms with Crippen molar-refractivity contribution >= 4 is 27.7 Å². The van der Waals surface area contributed by atoms with Gasteiger partial charge in [-0.3, -0.25) is 0 Å². The van der Waals surface area contributed by atoms with E-state index in [4.69, 9.17) is 18.9 Å².